The molecule has 1 N–H and O–H groups in total. The minimum Gasteiger partial charge on any atom is -0.260 e. The summed E-state index contributed by atoms with van der Waals surface area (Å²) in [4.78, 5) is 1.37. The SMILES string of the molecule is CC[C@@H]1CNSc2cc(Br)ccc2C1. The topological polar surface area (TPSA) is 12.0 Å². The van der Waals surface area contributed by atoms with Gasteiger partial charge in [0.1, 0.15) is 0 Å². The Morgan fingerprint density at radius 1 is 1.57 bits per heavy atom. The summed E-state index contributed by atoms with van der Waals surface area (Å²) >= 11 is 5.27. The minimum atomic E-state index is 0.782. The number of rotatable bonds is 1. The molecule has 0 amide bonds. The van der Waals surface area contributed by atoms with Crippen molar-refractivity contribution in [3.63, 3.8) is 0 Å². The van der Waals surface area contributed by atoms with Crippen LogP contribution in [0, 0.1) is 5.92 Å². The van der Waals surface area contributed by atoms with Gasteiger partial charge in [0.15, 0.2) is 0 Å². The molecule has 0 fully saturated rings. The third-order valence-corrected chi connectivity index (χ3v) is 4.07. The molecule has 1 atom stereocenters. The van der Waals surface area contributed by atoms with Crippen molar-refractivity contribution in [2.24, 2.45) is 5.92 Å². The van der Waals surface area contributed by atoms with E-state index in [2.05, 4.69) is 45.8 Å². The standard InChI is InChI=1S/C11H14BrNS/c1-2-8-5-9-3-4-10(12)6-11(9)14-13-7-8/h3-4,6,8,13H,2,5,7H2,1H3/t8-/m0/s1. The highest BCUT2D eigenvalue weighted by Gasteiger charge is 2.15. The summed E-state index contributed by atoms with van der Waals surface area (Å²) in [7, 11) is 0. The number of benzene rings is 1. The van der Waals surface area contributed by atoms with Crippen LogP contribution in [0.1, 0.15) is 18.9 Å². The molecule has 1 aromatic rings. The fourth-order valence-corrected chi connectivity index (χ4v) is 3.16. The summed E-state index contributed by atoms with van der Waals surface area (Å²) in [6.07, 6.45) is 2.46. The van der Waals surface area contributed by atoms with Crippen LogP contribution in [0.2, 0.25) is 0 Å². The van der Waals surface area contributed by atoms with E-state index in [9.17, 15) is 0 Å². The van der Waals surface area contributed by atoms with Crippen LogP contribution in [0.25, 0.3) is 0 Å². The zero-order valence-corrected chi connectivity index (χ0v) is 10.6. The van der Waals surface area contributed by atoms with Gasteiger partial charge in [-0.15, -0.1) is 0 Å². The first kappa shape index (κ1) is 10.5. The third-order valence-electron chi connectivity index (χ3n) is 2.67. The fraction of sp³-hybridized carbons (Fsp3) is 0.455. The lowest BCUT2D eigenvalue weighted by atomic mass is 9.97. The van der Waals surface area contributed by atoms with Gasteiger partial charge < -0.3 is 0 Å². The molecule has 0 spiro atoms. The van der Waals surface area contributed by atoms with E-state index in [1.165, 1.54) is 27.8 Å². The van der Waals surface area contributed by atoms with Crippen LogP contribution in [0.5, 0.6) is 0 Å². The van der Waals surface area contributed by atoms with Crippen molar-refractivity contribution in [1.82, 2.24) is 4.72 Å². The summed E-state index contributed by atoms with van der Waals surface area (Å²) in [5.74, 6) is 0.782. The van der Waals surface area contributed by atoms with Crippen LogP contribution in [-0.2, 0) is 6.42 Å². The first-order valence-electron chi connectivity index (χ1n) is 4.97. The van der Waals surface area contributed by atoms with Crippen molar-refractivity contribution in [2.45, 2.75) is 24.7 Å². The molecule has 1 heterocycles. The molecule has 0 unspecified atom stereocenters. The lowest BCUT2D eigenvalue weighted by molar-refractivity contribution is 0.507. The lowest BCUT2D eigenvalue weighted by Gasteiger charge is -2.10. The summed E-state index contributed by atoms with van der Waals surface area (Å²) in [5.41, 5.74) is 1.48. The van der Waals surface area contributed by atoms with Gasteiger partial charge in [0.2, 0.25) is 0 Å². The highest BCUT2D eigenvalue weighted by Crippen LogP contribution is 2.29. The summed E-state index contributed by atoms with van der Waals surface area (Å²) < 4.78 is 4.59. The van der Waals surface area contributed by atoms with E-state index in [0.717, 1.165) is 12.5 Å². The average Bonchev–Trinajstić information content (AvgIpc) is 2.38. The van der Waals surface area contributed by atoms with Crippen molar-refractivity contribution in [3.8, 4) is 0 Å². The van der Waals surface area contributed by atoms with Crippen LogP contribution in [0.3, 0.4) is 0 Å². The minimum absolute atomic E-state index is 0.782. The van der Waals surface area contributed by atoms with Gasteiger partial charge in [-0.3, -0.25) is 4.72 Å². The second-order valence-corrected chi connectivity index (χ2v) is 5.53. The molecule has 1 nitrogen and oxygen atoms in total. The Hall–Kier alpha value is 0.01000. The molecule has 0 radical (unpaired) electrons. The third kappa shape index (κ3) is 2.33. The van der Waals surface area contributed by atoms with Gasteiger partial charge >= 0.3 is 0 Å². The maximum Gasteiger partial charge on any atom is 0.0271 e. The molecule has 3 heteroatoms. The van der Waals surface area contributed by atoms with Gasteiger partial charge in [-0.1, -0.05) is 35.3 Å². The Balaban J connectivity index is 2.27. The molecule has 0 saturated heterocycles. The molecular formula is C11H14BrNS. The van der Waals surface area contributed by atoms with Crippen LogP contribution in [-0.4, -0.2) is 6.54 Å². The molecule has 14 heavy (non-hydrogen) atoms. The van der Waals surface area contributed by atoms with E-state index in [-0.39, 0.29) is 0 Å². The largest absolute Gasteiger partial charge is 0.260 e. The number of nitrogens with one attached hydrogen (secondary N) is 1. The molecule has 0 aromatic heterocycles. The molecule has 1 aliphatic rings. The van der Waals surface area contributed by atoms with E-state index in [0.29, 0.717) is 0 Å². The maximum absolute atomic E-state index is 3.51. The van der Waals surface area contributed by atoms with Crippen molar-refractivity contribution in [2.75, 3.05) is 6.54 Å². The van der Waals surface area contributed by atoms with Crippen LogP contribution in [0.4, 0.5) is 0 Å². The fourth-order valence-electron chi connectivity index (χ4n) is 1.70. The predicted octanol–water partition coefficient (Wildman–Crippen LogP) is 3.63. The summed E-state index contributed by atoms with van der Waals surface area (Å²) in [6.45, 7) is 3.38. The molecule has 0 saturated carbocycles. The number of hydrogen-bond acceptors (Lipinski definition) is 2. The Labute approximate surface area is 97.9 Å². The van der Waals surface area contributed by atoms with Gasteiger partial charge in [-0.25, -0.2) is 0 Å². The maximum atomic E-state index is 3.51. The average molecular weight is 272 g/mol. The van der Waals surface area contributed by atoms with Crippen LogP contribution in [0.15, 0.2) is 27.6 Å². The molecule has 1 aromatic carbocycles. The van der Waals surface area contributed by atoms with E-state index < -0.39 is 0 Å². The molecule has 0 aliphatic carbocycles. The van der Waals surface area contributed by atoms with Gasteiger partial charge in [0.05, 0.1) is 0 Å². The lowest BCUT2D eigenvalue weighted by Crippen LogP contribution is -2.15. The van der Waals surface area contributed by atoms with Crippen molar-refractivity contribution in [3.05, 3.63) is 28.2 Å². The number of halogens is 1. The second kappa shape index (κ2) is 4.69. The summed E-state index contributed by atoms with van der Waals surface area (Å²) in [6, 6.07) is 6.57. The van der Waals surface area contributed by atoms with Crippen molar-refractivity contribution >= 4 is 27.9 Å². The molecule has 0 bridgehead atoms. The number of fused-ring (bicyclic) bond motifs is 1. The van der Waals surface area contributed by atoms with Crippen LogP contribution < -0.4 is 4.72 Å². The second-order valence-electron chi connectivity index (χ2n) is 3.68. The van der Waals surface area contributed by atoms with Crippen molar-refractivity contribution < 1.29 is 0 Å². The van der Waals surface area contributed by atoms with Gasteiger partial charge in [-0.2, -0.15) is 0 Å². The quantitative estimate of drug-likeness (QED) is 0.783. The molecular weight excluding hydrogens is 258 g/mol. The first-order valence-corrected chi connectivity index (χ1v) is 6.58. The Bertz CT molecular complexity index is 327. The zero-order chi connectivity index (χ0) is 9.97. The van der Waals surface area contributed by atoms with Crippen molar-refractivity contribution in [1.29, 1.82) is 0 Å². The zero-order valence-electron chi connectivity index (χ0n) is 8.22. The van der Waals surface area contributed by atoms with Crippen LogP contribution >= 0.6 is 27.9 Å². The van der Waals surface area contributed by atoms with Gasteiger partial charge in [0, 0.05) is 15.9 Å². The highest BCUT2D eigenvalue weighted by molar-refractivity contribution is 9.10. The monoisotopic (exact) mass is 271 g/mol. The number of hydrogen-bond donors (Lipinski definition) is 1. The smallest absolute Gasteiger partial charge is 0.0271 e. The summed E-state index contributed by atoms with van der Waals surface area (Å²) in [5, 5.41) is 0. The first-order chi connectivity index (χ1) is 6.79. The van der Waals surface area contributed by atoms with E-state index >= 15 is 0 Å². The van der Waals surface area contributed by atoms with Gasteiger partial charge in [-0.05, 0) is 42.0 Å². The Morgan fingerprint density at radius 3 is 3.21 bits per heavy atom. The normalized spacial score (nSPS) is 21.4. The van der Waals surface area contributed by atoms with Gasteiger partial charge in [0.25, 0.3) is 0 Å². The molecule has 76 valence electrons. The van der Waals surface area contributed by atoms with E-state index in [1.54, 1.807) is 11.9 Å². The van der Waals surface area contributed by atoms with E-state index in [1.807, 2.05) is 0 Å². The highest BCUT2D eigenvalue weighted by atomic mass is 79.9. The molecule has 1 aliphatic heterocycles. The predicted molar refractivity (Wildman–Crippen MR) is 65.5 cm³/mol. The molecule has 2 rings (SSSR count). The Morgan fingerprint density at radius 2 is 2.43 bits per heavy atom. The van der Waals surface area contributed by atoms with E-state index in [4.69, 9.17) is 0 Å². The Kier molecular flexibility index (Phi) is 3.52.